The van der Waals surface area contributed by atoms with Gasteiger partial charge in [-0.3, -0.25) is 9.69 Å². The lowest BCUT2D eigenvalue weighted by Gasteiger charge is -2.17. The van der Waals surface area contributed by atoms with Crippen molar-refractivity contribution < 1.29 is 22.8 Å². The largest absolute Gasteiger partial charge is 0.480 e. The first kappa shape index (κ1) is 23.1. The predicted molar refractivity (Wildman–Crippen MR) is 117 cm³/mol. The zero-order valence-electron chi connectivity index (χ0n) is 17.5. The van der Waals surface area contributed by atoms with E-state index in [9.17, 15) is 13.2 Å². The summed E-state index contributed by atoms with van der Waals surface area (Å²) >= 11 is 1.62. The van der Waals surface area contributed by atoms with Gasteiger partial charge in [-0.05, 0) is 55.9 Å². The molecule has 0 bridgehead atoms. The van der Waals surface area contributed by atoms with Gasteiger partial charge in [0.15, 0.2) is 0 Å². The molecule has 166 valence electrons. The number of aliphatic carboxylic acids is 1. The number of carboxylic acids is 1. The van der Waals surface area contributed by atoms with Gasteiger partial charge in [-0.2, -0.15) is 9.71 Å². The van der Waals surface area contributed by atoms with E-state index >= 15 is 0 Å². The Morgan fingerprint density at radius 1 is 1.23 bits per heavy atom. The van der Waals surface area contributed by atoms with Crippen molar-refractivity contribution in [2.45, 2.75) is 32.2 Å². The summed E-state index contributed by atoms with van der Waals surface area (Å²) in [5, 5.41) is 12.7. The summed E-state index contributed by atoms with van der Waals surface area (Å²) in [6.45, 7) is 8.47. The van der Waals surface area contributed by atoms with Gasteiger partial charge in [-0.15, -0.1) is 11.3 Å². The van der Waals surface area contributed by atoms with Crippen molar-refractivity contribution in [1.82, 2.24) is 19.8 Å². The maximum absolute atomic E-state index is 12.1. The monoisotopic (exact) mass is 464 g/mol. The van der Waals surface area contributed by atoms with Crippen LogP contribution in [0.4, 0.5) is 0 Å². The van der Waals surface area contributed by atoms with Gasteiger partial charge in [-0.25, -0.2) is 8.42 Å². The molecule has 1 aromatic carbocycles. The second kappa shape index (κ2) is 9.69. The van der Waals surface area contributed by atoms with Crippen molar-refractivity contribution in [3.63, 3.8) is 0 Å². The highest BCUT2D eigenvalue weighted by molar-refractivity contribution is 7.89. The maximum Gasteiger partial charge on any atom is 0.318 e. The summed E-state index contributed by atoms with van der Waals surface area (Å²) in [4.78, 5) is 19.5. The van der Waals surface area contributed by atoms with Crippen molar-refractivity contribution in [3.05, 3.63) is 40.8 Å². The molecule has 0 saturated heterocycles. The summed E-state index contributed by atoms with van der Waals surface area (Å²) in [6.07, 6.45) is 0. The molecule has 0 spiro atoms. The smallest absolute Gasteiger partial charge is 0.318 e. The van der Waals surface area contributed by atoms with E-state index in [0.717, 1.165) is 24.5 Å². The van der Waals surface area contributed by atoms with Gasteiger partial charge in [0.25, 0.3) is 5.89 Å². The molecule has 0 aliphatic rings. The number of nitrogens with zero attached hydrogens (tertiary/aromatic N) is 3. The molecule has 0 aliphatic heterocycles. The zero-order valence-corrected chi connectivity index (χ0v) is 19.1. The minimum atomic E-state index is -3.91. The molecule has 0 atom stereocenters. The SMILES string of the molecule is CCN(CC)Cc1sc(-c2nc(-c3ccc(S(=O)(=O)NCC(=O)O)cc3)no2)cc1C. The molecule has 11 heteroatoms. The van der Waals surface area contributed by atoms with Gasteiger partial charge in [-0.1, -0.05) is 19.0 Å². The number of benzene rings is 1. The fourth-order valence-corrected chi connectivity index (χ4v) is 5.01. The second-order valence-electron chi connectivity index (χ2n) is 6.84. The van der Waals surface area contributed by atoms with Crippen LogP contribution in [-0.4, -0.2) is 54.2 Å². The average molecular weight is 465 g/mol. The first-order chi connectivity index (χ1) is 14.7. The van der Waals surface area contributed by atoms with E-state index in [1.54, 1.807) is 23.5 Å². The minimum absolute atomic E-state index is 0.0452. The highest BCUT2D eigenvalue weighted by Crippen LogP contribution is 2.32. The summed E-state index contributed by atoms with van der Waals surface area (Å²) in [5.41, 5.74) is 1.76. The van der Waals surface area contributed by atoms with Crippen LogP contribution in [0.1, 0.15) is 24.3 Å². The molecule has 0 fully saturated rings. The number of aromatic nitrogens is 2. The van der Waals surface area contributed by atoms with E-state index in [-0.39, 0.29) is 4.90 Å². The molecule has 0 unspecified atom stereocenters. The van der Waals surface area contributed by atoms with Crippen LogP contribution in [0, 0.1) is 6.92 Å². The molecule has 0 saturated carbocycles. The highest BCUT2D eigenvalue weighted by Gasteiger charge is 2.18. The lowest BCUT2D eigenvalue weighted by molar-refractivity contribution is -0.135. The molecule has 2 N–H and O–H groups in total. The van der Waals surface area contributed by atoms with Gasteiger partial charge in [0.2, 0.25) is 15.8 Å². The number of sulfonamides is 1. The van der Waals surface area contributed by atoms with Crippen molar-refractivity contribution in [2.75, 3.05) is 19.6 Å². The number of hydrogen-bond donors (Lipinski definition) is 2. The third-order valence-electron chi connectivity index (χ3n) is 4.76. The van der Waals surface area contributed by atoms with Crippen molar-refractivity contribution in [3.8, 4) is 22.2 Å². The number of nitrogens with one attached hydrogen (secondary N) is 1. The van der Waals surface area contributed by atoms with Crippen LogP contribution in [0.3, 0.4) is 0 Å². The van der Waals surface area contributed by atoms with Crippen molar-refractivity contribution in [2.24, 2.45) is 0 Å². The van der Waals surface area contributed by atoms with Crippen LogP contribution in [-0.2, 0) is 21.4 Å². The average Bonchev–Trinajstić information content (AvgIpc) is 3.38. The standard InChI is InChI=1S/C20H24N4O5S2/c1-4-24(5-2)12-17-13(3)10-16(30-17)20-22-19(23-29-20)14-6-8-15(9-7-14)31(27,28)21-11-18(25)26/h6-10,21H,4-5,11-12H2,1-3H3,(H,25,26). The Kier molecular flexibility index (Phi) is 7.21. The summed E-state index contributed by atoms with van der Waals surface area (Å²) in [6, 6.07) is 7.87. The molecule has 2 aromatic heterocycles. The number of thiophene rings is 1. The summed E-state index contributed by atoms with van der Waals surface area (Å²) in [5.74, 6) is -0.508. The normalized spacial score (nSPS) is 11.9. The van der Waals surface area contributed by atoms with Crippen molar-refractivity contribution in [1.29, 1.82) is 0 Å². The Bertz CT molecular complexity index is 1150. The Morgan fingerprint density at radius 3 is 2.52 bits per heavy atom. The quantitative estimate of drug-likeness (QED) is 0.469. The summed E-state index contributed by atoms with van der Waals surface area (Å²) < 4.78 is 31.6. The Hall–Kier alpha value is -2.60. The predicted octanol–water partition coefficient (Wildman–Crippen LogP) is 2.98. The van der Waals surface area contributed by atoms with E-state index in [2.05, 4.69) is 35.8 Å². The number of hydrogen-bond acceptors (Lipinski definition) is 8. The zero-order chi connectivity index (χ0) is 22.6. The number of carboxylic acid groups (broad SMARTS) is 1. The molecule has 31 heavy (non-hydrogen) atoms. The van der Waals surface area contributed by atoms with E-state index in [1.165, 1.54) is 22.6 Å². The van der Waals surface area contributed by atoms with Gasteiger partial charge in [0.05, 0.1) is 9.77 Å². The summed E-state index contributed by atoms with van der Waals surface area (Å²) in [7, 11) is -3.91. The first-order valence-electron chi connectivity index (χ1n) is 9.71. The first-order valence-corrected chi connectivity index (χ1v) is 12.0. The Morgan fingerprint density at radius 2 is 1.90 bits per heavy atom. The molecule has 0 amide bonds. The van der Waals surface area contributed by atoms with Crippen LogP contribution < -0.4 is 4.72 Å². The Balaban J connectivity index is 1.78. The fraction of sp³-hybridized carbons (Fsp3) is 0.350. The van der Waals surface area contributed by atoms with E-state index < -0.39 is 22.5 Å². The molecule has 3 rings (SSSR count). The number of carbonyl (C=O) groups is 1. The number of aryl methyl sites for hydroxylation is 1. The highest BCUT2D eigenvalue weighted by atomic mass is 32.2. The van der Waals surface area contributed by atoms with Crippen LogP contribution in [0.2, 0.25) is 0 Å². The molecule has 0 radical (unpaired) electrons. The van der Waals surface area contributed by atoms with E-state index in [4.69, 9.17) is 9.63 Å². The van der Waals surface area contributed by atoms with Gasteiger partial charge >= 0.3 is 5.97 Å². The minimum Gasteiger partial charge on any atom is -0.480 e. The molecular formula is C20H24N4O5S2. The van der Waals surface area contributed by atoms with Gasteiger partial charge in [0.1, 0.15) is 6.54 Å². The van der Waals surface area contributed by atoms with Crippen LogP contribution in [0.15, 0.2) is 39.8 Å². The number of rotatable bonds is 10. The lowest BCUT2D eigenvalue weighted by atomic mass is 10.2. The molecule has 0 aliphatic carbocycles. The molecule has 2 heterocycles. The molecular weight excluding hydrogens is 440 g/mol. The van der Waals surface area contributed by atoms with E-state index in [0.29, 0.717) is 17.3 Å². The van der Waals surface area contributed by atoms with Crippen LogP contribution >= 0.6 is 11.3 Å². The lowest BCUT2D eigenvalue weighted by Crippen LogP contribution is -2.29. The Labute approximate surface area is 184 Å². The molecule has 3 aromatic rings. The fourth-order valence-electron chi connectivity index (χ4n) is 2.90. The van der Waals surface area contributed by atoms with Gasteiger partial charge < -0.3 is 9.63 Å². The van der Waals surface area contributed by atoms with Crippen molar-refractivity contribution >= 4 is 27.3 Å². The third kappa shape index (κ3) is 5.56. The van der Waals surface area contributed by atoms with Crippen LogP contribution in [0.5, 0.6) is 0 Å². The van der Waals surface area contributed by atoms with Crippen LogP contribution in [0.25, 0.3) is 22.2 Å². The van der Waals surface area contributed by atoms with E-state index in [1.807, 2.05) is 10.8 Å². The van der Waals surface area contributed by atoms with Gasteiger partial charge in [0, 0.05) is 17.0 Å². The third-order valence-corrected chi connectivity index (χ3v) is 7.38. The second-order valence-corrected chi connectivity index (χ2v) is 9.75. The molecule has 9 nitrogen and oxygen atoms in total. The topological polar surface area (TPSA) is 126 Å². The maximum atomic E-state index is 12.1.